The summed E-state index contributed by atoms with van der Waals surface area (Å²) in [4.78, 5) is 36.7. The van der Waals surface area contributed by atoms with E-state index in [1.165, 1.54) is 47.3 Å². The maximum atomic E-state index is 15.4. The van der Waals surface area contributed by atoms with Crippen molar-refractivity contribution in [2.75, 3.05) is 19.8 Å². The fraction of sp³-hybridized carbons (Fsp3) is 0.310. The number of esters is 1. The van der Waals surface area contributed by atoms with Gasteiger partial charge < -0.3 is 28.5 Å². The minimum Gasteiger partial charge on any atom is -0.756 e. The number of rotatable bonds is 13. The predicted octanol–water partition coefficient (Wildman–Crippen LogP) is 0.620. The number of carbonyl (C=O) groups excluding carboxylic acids is 1. The Balaban J connectivity index is 0.00000600. The van der Waals surface area contributed by atoms with Crippen molar-refractivity contribution in [2.45, 2.75) is 35.9 Å². The maximum absolute atomic E-state index is 15.4. The van der Waals surface area contributed by atoms with Gasteiger partial charge in [0.25, 0.3) is 7.82 Å². The minimum atomic E-state index is -5.30. The number of thioether (sulfide) groups is 1. The molecule has 18 heteroatoms. The van der Waals surface area contributed by atoms with Gasteiger partial charge in [0, 0.05) is 22.4 Å². The number of halogens is 3. The molecule has 0 spiro atoms. The molecule has 1 unspecified atom stereocenters. The van der Waals surface area contributed by atoms with E-state index in [-0.39, 0.29) is 71.3 Å². The molecule has 4 rings (SSSR count). The van der Waals surface area contributed by atoms with Crippen LogP contribution in [0.5, 0.6) is 0 Å². The third-order valence-electron chi connectivity index (χ3n) is 6.62. The summed E-state index contributed by atoms with van der Waals surface area (Å²) in [6, 6.07) is 8.67. The van der Waals surface area contributed by atoms with Crippen LogP contribution in [0, 0.1) is 28.8 Å². The Hall–Kier alpha value is -2.81. The molecule has 0 radical (unpaired) electrons. The maximum Gasteiger partial charge on any atom is 1.00 e. The van der Waals surface area contributed by atoms with Crippen LogP contribution >= 0.6 is 19.6 Å². The van der Waals surface area contributed by atoms with Gasteiger partial charge in [0.05, 0.1) is 36.6 Å². The summed E-state index contributed by atoms with van der Waals surface area (Å²) in [6.07, 6.45) is 8.04. The van der Waals surface area contributed by atoms with E-state index in [9.17, 15) is 23.0 Å². The van der Waals surface area contributed by atoms with Crippen LogP contribution in [0.3, 0.4) is 0 Å². The molecule has 12 nitrogen and oxygen atoms in total. The number of phosphoric acid groups is 1. The molecule has 47 heavy (non-hydrogen) atoms. The predicted molar refractivity (Wildman–Crippen MR) is 156 cm³/mol. The second-order valence-electron chi connectivity index (χ2n) is 9.85. The van der Waals surface area contributed by atoms with Gasteiger partial charge in [-0.25, -0.2) is 27.6 Å². The van der Waals surface area contributed by atoms with Crippen molar-refractivity contribution in [3.63, 3.8) is 0 Å². The third kappa shape index (κ3) is 11.1. The molecular formula is C29H27F3N4NaO8PS. The first-order chi connectivity index (χ1) is 21.9. The van der Waals surface area contributed by atoms with Gasteiger partial charge in [-0.3, -0.25) is 4.57 Å². The van der Waals surface area contributed by atoms with E-state index in [0.717, 1.165) is 18.2 Å². The fourth-order valence-corrected chi connectivity index (χ4v) is 6.12. The summed E-state index contributed by atoms with van der Waals surface area (Å²) in [5, 5.41) is 11.7. The Morgan fingerprint density at radius 1 is 1.26 bits per heavy atom. The first kappa shape index (κ1) is 38.6. The summed E-state index contributed by atoms with van der Waals surface area (Å²) in [7, 11) is -5.30. The number of hydrogen-bond donors (Lipinski definition) is 1. The number of ether oxygens (including phenoxy) is 3. The molecule has 1 aliphatic heterocycles. The molecule has 2 heterocycles. The molecule has 0 bridgehead atoms. The molecule has 1 fully saturated rings. The van der Waals surface area contributed by atoms with Crippen LogP contribution in [0.25, 0.3) is 6.08 Å². The van der Waals surface area contributed by atoms with E-state index in [0.29, 0.717) is 6.07 Å². The van der Waals surface area contributed by atoms with E-state index < -0.39 is 55.0 Å². The molecule has 1 N–H and O–H groups in total. The average molecular weight is 703 g/mol. The van der Waals surface area contributed by atoms with Gasteiger partial charge in [0.2, 0.25) is 0 Å². The fourth-order valence-electron chi connectivity index (χ4n) is 4.49. The molecular weight excluding hydrogens is 675 g/mol. The first-order valence-corrected chi connectivity index (χ1v) is 15.9. The van der Waals surface area contributed by atoms with Crippen molar-refractivity contribution >= 4 is 31.6 Å². The van der Waals surface area contributed by atoms with Crippen LogP contribution in [-0.4, -0.2) is 62.2 Å². The number of nitrogens with zero attached hydrogens (tertiary/aromatic N) is 4. The number of carbonyl (C=O) groups is 1. The van der Waals surface area contributed by atoms with E-state index in [1.54, 1.807) is 25.2 Å². The molecule has 244 valence electrons. The Bertz CT molecular complexity index is 1670. The van der Waals surface area contributed by atoms with Gasteiger partial charge in [-0.15, -0.1) is 11.8 Å². The first-order valence-electron chi connectivity index (χ1n) is 13.5. The third-order valence-corrected chi connectivity index (χ3v) is 8.52. The van der Waals surface area contributed by atoms with Crippen LogP contribution in [0.4, 0.5) is 13.2 Å². The largest absolute Gasteiger partial charge is 1.00 e. The SMILES string of the molecule is C[C@@H](SC1COC(C=CC=Cc2ccc(C#N)cc2F)OC1)[C@@](Cn1cncn1)(OC(=O)COP(=O)([O-])O)c1ccc(F)cc1F.[Na+]. The van der Waals surface area contributed by atoms with Crippen molar-refractivity contribution in [2.24, 2.45) is 0 Å². The molecule has 1 saturated heterocycles. The molecule has 0 saturated carbocycles. The molecule has 1 aliphatic rings. The zero-order chi connectivity index (χ0) is 33.3. The summed E-state index contributed by atoms with van der Waals surface area (Å²) < 4.78 is 77.1. The van der Waals surface area contributed by atoms with Crippen LogP contribution in [0.2, 0.25) is 0 Å². The number of benzene rings is 2. The zero-order valence-electron chi connectivity index (χ0n) is 25.1. The number of allylic oxidation sites excluding steroid dienone is 2. The van der Waals surface area contributed by atoms with Crippen LogP contribution < -0.4 is 34.5 Å². The smallest absolute Gasteiger partial charge is 0.756 e. The Kier molecular flexibility index (Phi) is 14.4. The molecule has 3 atom stereocenters. The molecule has 0 aliphatic carbocycles. The van der Waals surface area contributed by atoms with E-state index in [2.05, 4.69) is 14.6 Å². The van der Waals surface area contributed by atoms with E-state index in [1.807, 2.05) is 6.07 Å². The normalized spacial score (nSPS) is 19.8. The molecule has 3 aromatic rings. The monoisotopic (exact) mass is 702 g/mol. The van der Waals surface area contributed by atoms with Crippen molar-refractivity contribution in [1.82, 2.24) is 14.8 Å². The van der Waals surface area contributed by atoms with Gasteiger partial charge in [0.1, 0.15) is 30.1 Å². The van der Waals surface area contributed by atoms with Crippen molar-refractivity contribution in [3.8, 4) is 6.07 Å². The average Bonchev–Trinajstić information content (AvgIpc) is 3.52. The van der Waals surface area contributed by atoms with Crippen LogP contribution in [0.15, 0.2) is 67.3 Å². The van der Waals surface area contributed by atoms with Gasteiger partial charge in [0.15, 0.2) is 18.5 Å². The van der Waals surface area contributed by atoms with Gasteiger partial charge in [-0.1, -0.05) is 24.3 Å². The van der Waals surface area contributed by atoms with Gasteiger partial charge in [-0.05, 0) is 37.3 Å². The standard InChI is InChI=1S/C29H28F3N4O8PS.Na/c1-19(46-23-13-41-28(42-14-23)5-3-2-4-21-7-6-20(12-33)10-25(21)31)29(16-36-18-34-17-35-36,24-9-8-22(30)11-26(24)32)44-27(37)15-43-45(38,39)40;/h2-11,17-19,23,28H,13-16H2,1H3,(H2,38,39,40);/q;+1/p-1/t19-,23?,28?,29-;/m1./s1. The number of hydrogen-bond acceptors (Lipinski definition) is 11. The molecule has 1 aromatic heterocycles. The quantitative estimate of drug-likeness (QED) is 0.114. The number of aromatic nitrogens is 3. The van der Waals surface area contributed by atoms with Gasteiger partial charge >= 0.3 is 35.5 Å². The molecule has 2 aromatic carbocycles. The number of phosphoric ester groups is 1. The molecule has 0 amide bonds. The summed E-state index contributed by atoms with van der Waals surface area (Å²) in [6.45, 7) is 0.360. The zero-order valence-corrected chi connectivity index (χ0v) is 28.8. The minimum absolute atomic E-state index is 0. The second-order valence-corrected chi connectivity index (χ2v) is 12.7. The summed E-state index contributed by atoms with van der Waals surface area (Å²) in [5.74, 6) is -3.74. The van der Waals surface area contributed by atoms with Crippen molar-refractivity contribution in [1.29, 1.82) is 5.26 Å². The van der Waals surface area contributed by atoms with Crippen LogP contribution in [-0.2, 0) is 40.2 Å². The van der Waals surface area contributed by atoms with E-state index >= 15 is 4.39 Å². The number of nitriles is 1. The Labute approximate surface area is 294 Å². The van der Waals surface area contributed by atoms with Crippen molar-refractivity contribution in [3.05, 3.63) is 101 Å². The summed E-state index contributed by atoms with van der Waals surface area (Å²) >= 11 is 1.20. The van der Waals surface area contributed by atoms with Gasteiger partial charge in [-0.2, -0.15) is 10.4 Å². The second kappa shape index (κ2) is 17.5. The Morgan fingerprint density at radius 2 is 2.00 bits per heavy atom. The topological polar surface area (TPSA) is 169 Å². The van der Waals surface area contributed by atoms with Crippen molar-refractivity contribution < 1.29 is 80.6 Å². The van der Waals surface area contributed by atoms with E-state index in [4.69, 9.17) is 24.4 Å². The summed E-state index contributed by atoms with van der Waals surface area (Å²) in [5.41, 5.74) is -1.67. The Morgan fingerprint density at radius 3 is 2.62 bits per heavy atom. The van der Waals surface area contributed by atoms with Crippen LogP contribution in [0.1, 0.15) is 23.6 Å².